The zero-order valence-corrected chi connectivity index (χ0v) is 30.7. The van der Waals surface area contributed by atoms with Gasteiger partial charge in [0.2, 0.25) is 0 Å². The Labute approximate surface area is 315 Å². The van der Waals surface area contributed by atoms with Crippen molar-refractivity contribution in [2.45, 2.75) is 35.0 Å². The van der Waals surface area contributed by atoms with Crippen LogP contribution in [0.15, 0.2) is 94.7 Å². The average molecular weight is 854 g/mol. The standard InChI is InChI=1S/C33H29F6N3O11S3/c34-32(35,36)19-52-23-9-13-29(53-20-33(37,38)39)30(16-23)54(45,46)41(27-17-24(55(47,48)49)10-11-25(27)22-6-2-1-3-7-22)14-4-5-21-8-12-26(28(43)15-21)42-18-31(44)40-56(42,50)51/h1-3,6-13,15-17,43H,4-5,14,18-20H2,(H,40,44)(H,47,48,49). The lowest BCUT2D eigenvalue weighted by atomic mass is 10.0. The number of aryl methyl sites for hydroxylation is 1. The van der Waals surface area contributed by atoms with Gasteiger partial charge in [-0.3, -0.25) is 13.7 Å². The third-order valence-electron chi connectivity index (χ3n) is 7.85. The van der Waals surface area contributed by atoms with Gasteiger partial charge in [0.05, 0.1) is 16.3 Å². The number of carbonyl (C=O) groups excluding carboxylic acids is 1. The number of nitrogens with one attached hydrogen (secondary N) is 1. The number of sulfonamides is 1. The minimum atomic E-state index is -5.28. The van der Waals surface area contributed by atoms with Crippen molar-refractivity contribution >= 4 is 47.6 Å². The molecule has 4 aromatic rings. The van der Waals surface area contributed by atoms with Crippen LogP contribution in [0.2, 0.25) is 0 Å². The lowest BCUT2D eigenvalue weighted by Crippen LogP contribution is -2.33. The van der Waals surface area contributed by atoms with E-state index in [1.165, 1.54) is 24.3 Å². The summed E-state index contributed by atoms with van der Waals surface area (Å²) in [6.07, 6.45) is -10.2. The number of amides is 1. The predicted molar refractivity (Wildman–Crippen MR) is 187 cm³/mol. The van der Waals surface area contributed by atoms with Gasteiger partial charge in [0, 0.05) is 18.2 Å². The molecule has 0 radical (unpaired) electrons. The van der Waals surface area contributed by atoms with E-state index in [0.29, 0.717) is 26.3 Å². The van der Waals surface area contributed by atoms with E-state index in [2.05, 4.69) is 4.74 Å². The van der Waals surface area contributed by atoms with Gasteiger partial charge in [-0.25, -0.2) is 17.4 Å². The molecule has 0 aromatic heterocycles. The summed E-state index contributed by atoms with van der Waals surface area (Å²) < 4.78 is 180. The van der Waals surface area contributed by atoms with Crippen LogP contribution in [-0.4, -0.2) is 79.5 Å². The molecule has 0 spiro atoms. The highest BCUT2D eigenvalue weighted by molar-refractivity contribution is 7.93. The van der Waals surface area contributed by atoms with Crippen LogP contribution in [-0.2, 0) is 41.6 Å². The fraction of sp³-hybridized carbons (Fsp3) is 0.242. The second-order valence-electron chi connectivity index (χ2n) is 12.0. The number of nitrogens with zero attached hydrogens (tertiary/aromatic N) is 2. The second kappa shape index (κ2) is 15.7. The van der Waals surface area contributed by atoms with Crippen LogP contribution < -0.4 is 22.8 Å². The van der Waals surface area contributed by atoms with Crippen molar-refractivity contribution in [2.75, 3.05) is 34.9 Å². The van der Waals surface area contributed by atoms with Crippen LogP contribution in [0.1, 0.15) is 12.0 Å². The number of aromatic hydroxyl groups is 1. The van der Waals surface area contributed by atoms with Gasteiger partial charge in [-0.15, -0.1) is 0 Å². The fourth-order valence-electron chi connectivity index (χ4n) is 5.48. The molecule has 1 heterocycles. The second-order valence-corrected chi connectivity index (χ2v) is 16.8. The van der Waals surface area contributed by atoms with Crippen LogP contribution in [0.4, 0.5) is 37.7 Å². The molecule has 0 unspecified atom stereocenters. The third kappa shape index (κ3) is 10.1. The average Bonchev–Trinajstić information content (AvgIpc) is 3.38. The smallest absolute Gasteiger partial charge is 0.422 e. The van der Waals surface area contributed by atoms with Crippen LogP contribution in [0.5, 0.6) is 17.2 Å². The monoisotopic (exact) mass is 853 g/mol. The summed E-state index contributed by atoms with van der Waals surface area (Å²) in [5, 5.41) is 10.7. The van der Waals surface area contributed by atoms with Gasteiger partial charge in [0.15, 0.2) is 13.2 Å². The first-order chi connectivity index (χ1) is 25.9. The highest BCUT2D eigenvalue weighted by atomic mass is 32.2. The molecular formula is C33H29F6N3O11S3. The quantitative estimate of drug-likeness (QED) is 0.111. The summed E-state index contributed by atoms with van der Waals surface area (Å²) in [6.45, 7) is -5.18. The predicted octanol–water partition coefficient (Wildman–Crippen LogP) is 5.20. The van der Waals surface area contributed by atoms with E-state index >= 15 is 0 Å². The van der Waals surface area contributed by atoms with Crippen molar-refractivity contribution in [1.82, 2.24) is 4.72 Å². The fourth-order valence-corrected chi connectivity index (χ4v) is 8.80. The number of benzene rings is 4. The van der Waals surface area contributed by atoms with Gasteiger partial charge in [-0.1, -0.05) is 42.5 Å². The maximum Gasteiger partial charge on any atom is 0.422 e. The lowest BCUT2D eigenvalue weighted by molar-refractivity contribution is -0.154. The molecule has 23 heteroatoms. The Morgan fingerprint density at radius 3 is 2.09 bits per heavy atom. The Bertz CT molecular complexity index is 2450. The maximum absolute atomic E-state index is 14.7. The minimum absolute atomic E-state index is 0.0285. The summed E-state index contributed by atoms with van der Waals surface area (Å²) in [6, 6.07) is 16.2. The summed E-state index contributed by atoms with van der Waals surface area (Å²) in [4.78, 5) is 9.78. The van der Waals surface area contributed by atoms with Gasteiger partial charge in [0.1, 0.15) is 28.7 Å². The van der Waals surface area contributed by atoms with E-state index in [9.17, 15) is 66.0 Å². The van der Waals surface area contributed by atoms with Crippen molar-refractivity contribution in [3.63, 3.8) is 0 Å². The zero-order chi connectivity index (χ0) is 41.3. The van der Waals surface area contributed by atoms with E-state index in [1.807, 2.05) is 0 Å². The lowest BCUT2D eigenvalue weighted by Gasteiger charge is -2.28. The highest BCUT2D eigenvalue weighted by Crippen LogP contribution is 2.40. The first-order valence-corrected chi connectivity index (χ1v) is 20.1. The maximum atomic E-state index is 14.7. The van der Waals surface area contributed by atoms with Crippen molar-refractivity contribution in [3.05, 3.63) is 90.5 Å². The minimum Gasteiger partial charge on any atom is -0.506 e. The van der Waals surface area contributed by atoms with Crippen LogP contribution >= 0.6 is 0 Å². The molecule has 1 amide bonds. The zero-order valence-electron chi connectivity index (χ0n) is 28.3. The third-order valence-corrected chi connectivity index (χ3v) is 11.9. The SMILES string of the molecule is O=C1CN(c2ccc(CCCN(c3cc(S(=O)(=O)O)ccc3-c3ccccc3)S(=O)(=O)c3cc(OCC(F)(F)F)ccc3OCC(F)(F)F)cc2O)S(=O)(=O)N1. The van der Waals surface area contributed by atoms with Gasteiger partial charge in [0.25, 0.3) is 26.0 Å². The molecular weight excluding hydrogens is 825 g/mol. The van der Waals surface area contributed by atoms with Crippen molar-refractivity contribution in [3.8, 4) is 28.4 Å². The molecule has 3 N–H and O–H groups in total. The highest BCUT2D eigenvalue weighted by Gasteiger charge is 2.37. The molecule has 4 aromatic carbocycles. The Kier molecular flexibility index (Phi) is 11.7. The molecule has 0 atom stereocenters. The number of hydrogen-bond donors (Lipinski definition) is 3. The molecule has 1 aliphatic rings. The van der Waals surface area contributed by atoms with E-state index in [0.717, 1.165) is 30.3 Å². The van der Waals surface area contributed by atoms with Crippen molar-refractivity contribution in [2.24, 2.45) is 0 Å². The number of alkyl halides is 6. The molecule has 14 nitrogen and oxygen atoms in total. The number of phenolic OH excluding ortho intramolecular Hbond substituents is 1. The molecule has 0 aliphatic carbocycles. The molecule has 1 saturated heterocycles. The molecule has 0 saturated carbocycles. The first-order valence-electron chi connectivity index (χ1n) is 15.8. The summed E-state index contributed by atoms with van der Waals surface area (Å²) in [7, 11) is -14.6. The Morgan fingerprint density at radius 1 is 0.839 bits per heavy atom. The summed E-state index contributed by atoms with van der Waals surface area (Å²) >= 11 is 0. The van der Waals surface area contributed by atoms with Crippen molar-refractivity contribution in [1.29, 1.82) is 0 Å². The number of rotatable bonds is 14. The van der Waals surface area contributed by atoms with Crippen LogP contribution in [0, 0.1) is 0 Å². The molecule has 5 rings (SSSR count). The van der Waals surface area contributed by atoms with E-state index < -0.39 is 108 Å². The number of ether oxygens (including phenoxy) is 2. The van der Waals surface area contributed by atoms with Crippen molar-refractivity contribution < 1.29 is 75.5 Å². The number of carbonyl (C=O) groups is 1. The largest absolute Gasteiger partial charge is 0.506 e. The summed E-state index contributed by atoms with van der Waals surface area (Å²) in [5.74, 6) is -3.12. The number of halogens is 6. The van der Waals surface area contributed by atoms with E-state index in [1.54, 1.807) is 22.9 Å². The van der Waals surface area contributed by atoms with Gasteiger partial charge >= 0.3 is 22.6 Å². The van der Waals surface area contributed by atoms with E-state index in [-0.39, 0.29) is 29.7 Å². The Morgan fingerprint density at radius 2 is 1.50 bits per heavy atom. The van der Waals surface area contributed by atoms with Gasteiger partial charge in [-0.05, 0) is 60.4 Å². The molecule has 0 bridgehead atoms. The van der Waals surface area contributed by atoms with Gasteiger partial charge in [-0.2, -0.15) is 43.2 Å². The van der Waals surface area contributed by atoms with Crippen LogP contribution in [0.3, 0.4) is 0 Å². The Hall–Kier alpha value is -5.26. The summed E-state index contributed by atoms with van der Waals surface area (Å²) in [5.41, 5.74) is -0.0909. The Balaban J connectivity index is 1.62. The molecule has 302 valence electrons. The number of phenols is 1. The normalized spacial score (nSPS) is 14.7. The molecule has 56 heavy (non-hydrogen) atoms. The van der Waals surface area contributed by atoms with Gasteiger partial charge < -0.3 is 14.6 Å². The van der Waals surface area contributed by atoms with Crippen LogP contribution in [0.25, 0.3) is 11.1 Å². The number of anilines is 2. The van der Waals surface area contributed by atoms with E-state index in [4.69, 9.17) is 4.74 Å². The molecule has 1 aliphatic heterocycles. The first kappa shape index (κ1) is 41.9. The molecule has 1 fully saturated rings. The number of hydrogen-bond acceptors (Lipinski definition) is 10. The topological polar surface area (TPSA) is 197 Å².